The number of nitrogens with zero attached hydrogens (tertiary/aromatic N) is 3. The Morgan fingerprint density at radius 3 is 2.95 bits per heavy atom. The maximum atomic E-state index is 12.4. The lowest BCUT2D eigenvalue weighted by atomic mass is 10.00. The molecule has 0 bridgehead atoms. The van der Waals surface area contributed by atoms with Crippen LogP contribution >= 0.6 is 0 Å². The van der Waals surface area contributed by atoms with E-state index in [1.165, 1.54) is 6.42 Å². The number of amides is 1. The molecule has 1 amide bonds. The van der Waals surface area contributed by atoms with Crippen molar-refractivity contribution in [3.8, 4) is 0 Å². The first-order valence-corrected chi connectivity index (χ1v) is 7.77. The van der Waals surface area contributed by atoms with Crippen molar-refractivity contribution < 1.29 is 14.1 Å². The van der Waals surface area contributed by atoms with Crippen molar-refractivity contribution in [3.63, 3.8) is 0 Å². The lowest BCUT2D eigenvalue weighted by molar-refractivity contribution is 0.0305. The Morgan fingerprint density at radius 1 is 1.38 bits per heavy atom. The molecule has 0 radical (unpaired) electrons. The summed E-state index contributed by atoms with van der Waals surface area (Å²) in [4.78, 5) is 16.6. The second kappa shape index (κ2) is 6.58. The van der Waals surface area contributed by atoms with E-state index in [9.17, 15) is 4.79 Å². The van der Waals surface area contributed by atoms with Crippen molar-refractivity contribution in [2.45, 2.75) is 26.3 Å². The zero-order valence-corrected chi connectivity index (χ0v) is 12.6. The normalized spacial score (nSPS) is 24.2. The third-order valence-electron chi connectivity index (χ3n) is 4.21. The number of rotatable bonds is 3. The van der Waals surface area contributed by atoms with Gasteiger partial charge in [-0.2, -0.15) is 0 Å². The van der Waals surface area contributed by atoms with Crippen molar-refractivity contribution >= 4 is 5.91 Å². The van der Waals surface area contributed by atoms with Crippen molar-refractivity contribution in [1.82, 2.24) is 15.0 Å². The minimum absolute atomic E-state index is 0.00136. The topological polar surface area (TPSA) is 58.8 Å². The van der Waals surface area contributed by atoms with Gasteiger partial charge in [-0.15, -0.1) is 0 Å². The highest BCUT2D eigenvalue weighted by Gasteiger charge is 2.25. The molecule has 0 N–H and O–H groups in total. The van der Waals surface area contributed by atoms with E-state index in [-0.39, 0.29) is 5.91 Å². The van der Waals surface area contributed by atoms with Gasteiger partial charge in [0.05, 0.1) is 19.8 Å². The molecule has 0 saturated carbocycles. The standard InChI is InChI=1S/C15H23N3O3/c1-12-3-2-4-18(10-12)15(19)14-9-13(21-16-14)11-17-5-7-20-8-6-17/h9,12H,2-8,10-11H2,1H3/t12-/m1/s1. The third-order valence-corrected chi connectivity index (χ3v) is 4.21. The Kier molecular flexibility index (Phi) is 4.55. The molecule has 3 rings (SSSR count). The van der Waals surface area contributed by atoms with Gasteiger partial charge in [0.2, 0.25) is 0 Å². The van der Waals surface area contributed by atoms with Gasteiger partial charge in [-0.25, -0.2) is 0 Å². The summed E-state index contributed by atoms with van der Waals surface area (Å²) in [6, 6.07) is 1.79. The average Bonchev–Trinajstić information content (AvgIpc) is 2.96. The van der Waals surface area contributed by atoms with E-state index < -0.39 is 0 Å². The van der Waals surface area contributed by atoms with Crippen LogP contribution in [-0.4, -0.2) is 60.3 Å². The van der Waals surface area contributed by atoms with E-state index in [0.717, 1.165) is 51.6 Å². The molecule has 0 spiro atoms. The second-order valence-electron chi connectivity index (χ2n) is 6.07. The summed E-state index contributed by atoms with van der Waals surface area (Å²) in [5, 5.41) is 3.96. The molecular formula is C15H23N3O3. The fourth-order valence-electron chi connectivity index (χ4n) is 3.00. The van der Waals surface area contributed by atoms with Crippen LogP contribution in [0.25, 0.3) is 0 Å². The van der Waals surface area contributed by atoms with Crippen LogP contribution in [0, 0.1) is 5.92 Å². The second-order valence-corrected chi connectivity index (χ2v) is 6.07. The molecular weight excluding hydrogens is 270 g/mol. The van der Waals surface area contributed by atoms with Crippen LogP contribution in [-0.2, 0) is 11.3 Å². The summed E-state index contributed by atoms with van der Waals surface area (Å²) in [5.41, 5.74) is 0.437. The molecule has 0 unspecified atom stereocenters. The molecule has 2 saturated heterocycles. The number of likely N-dealkylation sites (tertiary alicyclic amines) is 1. The van der Waals surface area contributed by atoms with E-state index in [0.29, 0.717) is 18.2 Å². The number of aromatic nitrogens is 1. The van der Waals surface area contributed by atoms with Crippen molar-refractivity contribution in [3.05, 3.63) is 17.5 Å². The minimum Gasteiger partial charge on any atom is -0.379 e. The predicted octanol–water partition coefficient (Wildman–Crippen LogP) is 1.38. The number of morpholine rings is 1. The Bertz CT molecular complexity index is 482. The lowest BCUT2D eigenvalue weighted by Gasteiger charge is -2.30. The first-order valence-electron chi connectivity index (χ1n) is 7.77. The SMILES string of the molecule is C[C@@H]1CCCN(C(=O)c2cc(CN3CCOCC3)on2)C1. The van der Waals surface area contributed by atoms with Crippen LogP contribution in [0.5, 0.6) is 0 Å². The van der Waals surface area contributed by atoms with E-state index in [2.05, 4.69) is 17.0 Å². The van der Waals surface area contributed by atoms with Gasteiger partial charge in [0.15, 0.2) is 11.5 Å². The average molecular weight is 293 g/mol. The molecule has 0 aliphatic carbocycles. The number of ether oxygens (including phenoxy) is 1. The fourth-order valence-corrected chi connectivity index (χ4v) is 3.00. The van der Waals surface area contributed by atoms with E-state index in [4.69, 9.17) is 9.26 Å². The highest BCUT2D eigenvalue weighted by atomic mass is 16.5. The van der Waals surface area contributed by atoms with Gasteiger partial charge in [-0.1, -0.05) is 12.1 Å². The Hall–Kier alpha value is -1.40. The molecule has 1 aromatic rings. The summed E-state index contributed by atoms with van der Waals surface area (Å²) in [5.74, 6) is 1.33. The first-order chi connectivity index (χ1) is 10.2. The number of hydrogen-bond acceptors (Lipinski definition) is 5. The number of hydrogen-bond donors (Lipinski definition) is 0. The van der Waals surface area contributed by atoms with Gasteiger partial charge in [-0.3, -0.25) is 9.69 Å². The van der Waals surface area contributed by atoms with Crippen molar-refractivity contribution in [2.24, 2.45) is 5.92 Å². The summed E-state index contributed by atoms with van der Waals surface area (Å²) in [6.07, 6.45) is 2.27. The van der Waals surface area contributed by atoms with E-state index >= 15 is 0 Å². The third kappa shape index (κ3) is 3.63. The molecule has 21 heavy (non-hydrogen) atoms. The number of carbonyl (C=O) groups excluding carboxylic acids is 1. The first kappa shape index (κ1) is 14.5. The molecule has 6 heteroatoms. The van der Waals surface area contributed by atoms with Crippen molar-refractivity contribution in [2.75, 3.05) is 39.4 Å². The molecule has 6 nitrogen and oxygen atoms in total. The quantitative estimate of drug-likeness (QED) is 0.842. The zero-order chi connectivity index (χ0) is 14.7. The monoisotopic (exact) mass is 293 g/mol. The van der Waals surface area contributed by atoms with Crippen LogP contribution in [0.15, 0.2) is 10.6 Å². The number of carbonyl (C=O) groups is 1. The fraction of sp³-hybridized carbons (Fsp3) is 0.733. The number of piperidine rings is 1. The van der Waals surface area contributed by atoms with Crippen LogP contribution in [0.1, 0.15) is 36.0 Å². The molecule has 2 fully saturated rings. The summed E-state index contributed by atoms with van der Waals surface area (Å²) in [6.45, 7) is 7.84. The van der Waals surface area contributed by atoms with Gasteiger partial charge in [0.25, 0.3) is 5.91 Å². The molecule has 1 atom stereocenters. The maximum absolute atomic E-state index is 12.4. The smallest absolute Gasteiger partial charge is 0.276 e. The highest BCUT2D eigenvalue weighted by Crippen LogP contribution is 2.18. The minimum atomic E-state index is -0.00136. The van der Waals surface area contributed by atoms with Gasteiger partial charge >= 0.3 is 0 Å². The Labute approximate surface area is 125 Å². The highest BCUT2D eigenvalue weighted by molar-refractivity contribution is 5.92. The summed E-state index contributed by atoms with van der Waals surface area (Å²) in [7, 11) is 0. The van der Waals surface area contributed by atoms with E-state index in [1.807, 2.05) is 4.90 Å². The molecule has 2 aliphatic heterocycles. The molecule has 3 heterocycles. The Morgan fingerprint density at radius 2 is 2.19 bits per heavy atom. The molecule has 116 valence electrons. The van der Waals surface area contributed by atoms with Gasteiger partial charge in [0, 0.05) is 32.2 Å². The van der Waals surface area contributed by atoms with Crippen LogP contribution in [0.4, 0.5) is 0 Å². The van der Waals surface area contributed by atoms with Gasteiger partial charge in [-0.05, 0) is 18.8 Å². The molecule has 1 aromatic heterocycles. The molecule has 2 aliphatic rings. The maximum Gasteiger partial charge on any atom is 0.276 e. The van der Waals surface area contributed by atoms with Crippen LogP contribution in [0.2, 0.25) is 0 Å². The van der Waals surface area contributed by atoms with Gasteiger partial charge < -0.3 is 14.2 Å². The largest absolute Gasteiger partial charge is 0.379 e. The zero-order valence-electron chi connectivity index (χ0n) is 12.6. The summed E-state index contributed by atoms with van der Waals surface area (Å²) < 4.78 is 10.6. The molecule has 0 aromatic carbocycles. The lowest BCUT2D eigenvalue weighted by Crippen LogP contribution is -2.39. The summed E-state index contributed by atoms with van der Waals surface area (Å²) >= 11 is 0. The van der Waals surface area contributed by atoms with Crippen molar-refractivity contribution in [1.29, 1.82) is 0 Å². The van der Waals surface area contributed by atoms with Gasteiger partial charge in [0.1, 0.15) is 0 Å². The van der Waals surface area contributed by atoms with E-state index in [1.54, 1.807) is 6.07 Å². The predicted molar refractivity (Wildman–Crippen MR) is 76.9 cm³/mol. The Balaban J connectivity index is 1.59. The van der Waals surface area contributed by atoms with Crippen LogP contribution in [0.3, 0.4) is 0 Å². The van der Waals surface area contributed by atoms with Crippen LogP contribution < -0.4 is 0 Å².